The van der Waals surface area contributed by atoms with E-state index in [1.54, 1.807) is 41.4 Å². The molecule has 0 fully saturated rings. The van der Waals surface area contributed by atoms with Crippen molar-refractivity contribution in [1.82, 2.24) is 0 Å². The van der Waals surface area contributed by atoms with Gasteiger partial charge in [0.25, 0.3) is 5.91 Å². The predicted octanol–water partition coefficient (Wildman–Crippen LogP) is 4.02. The maximum absolute atomic E-state index is 12.8. The second kappa shape index (κ2) is 8.40. The molecule has 7 nitrogen and oxygen atoms in total. The fraction of sp³-hybridized carbons (Fsp3) is 0.0435. The van der Waals surface area contributed by atoms with Crippen molar-refractivity contribution in [3.05, 3.63) is 90.0 Å². The van der Waals surface area contributed by atoms with Gasteiger partial charge in [-0.15, -0.1) is 0 Å². The molecule has 0 atom stereocenters. The van der Waals surface area contributed by atoms with Crippen LogP contribution < -0.4 is 10.3 Å². The van der Waals surface area contributed by atoms with Crippen LogP contribution in [0.3, 0.4) is 0 Å². The molecule has 4 rings (SSSR count). The molecule has 0 aromatic heterocycles. The van der Waals surface area contributed by atoms with Crippen molar-refractivity contribution in [3.8, 4) is 0 Å². The van der Waals surface area contributed by atoms with Gasteiger partial charge in [-0.1, -0.05) is 41.6 Å². The molecule has 148 valence electrons. The van der Waals surface area contributed by atoms with Crippen LogP contribution in [0.1, 0.15) is 15.9 Å². The van der Waals surface area contributed by atoms with Crippen LogP contribution in [0.4, 0.5) is 17.1 Å². The van der Waals surface area contributed by atoms with Crippen molar-refractivity contribution in [2.45, 2.75) is 6.42 Å². The molecule has 3 aromatic rings. The van der Waals surface area contributed by atoms with Crippen LogP contribution >= 0.6 is 0 Å². The Hall–Kier alpha value is -4.26. The van der Waals surface area contributed by atoms with Crippen LogP contribution in [0.5, 0.6) is 0 Å². The van der Waals surface area contributed by atoms with Crippen LogP contribution in [0.15, 0.2) is 89.1 Å². The van der Waals surface area contributed by atoms with Crippen molar-refractivity contribution in [2.75, 3.05) is 10.3 Å². The molecule has 2 N–H and O–H groups in total. The predicted molar refractivity (Wildman–Crippen MR) is 116 cm³/mol. The minimum absolute atomic E-state index is 0.193. The Kier molecular flexibility index (Phi) is 5.34. The smallest absolute Gasteiger partial charge is 0.279 e. The SMILES string of the molecule is O=Cc1ccc2c(c1)CC(C(=NO)C(=O)Nc1ccccc1)=NN2c1ccccc1. The standard InChI is InChI=1S/C23H18N4O3/c28-15-16-11-12-21-17(13-16)14-20(25-27(21)19-9-5-2-6-10-19)22(26-30)23(29)24-18-7-3-1-4-8-18/h1-13,15,30H,14H2,(H,24,29). The number of para-hydroxylation sites is 2. The summed E-state index contributed by atoms with van der Waals surface area (Å²) in [5, 5.41) is 21.8. The first kappa shape index (κ1) is 19.1. The fourth-order valence-corrected chi connectivity index (χ4v) is 3.26. The summed E-state index contributed by atoms with van der Waals surface area (Å²) >= 11 is 0. The van der Waals surface area contributed by atoms with Crippen LogP contribution in [-0.4, -0.2) is 28.8 Å². The molecular weight excluding hydrogens is 380 g/mol. The first-order valence-electron chi connectivity index (χ1n) is 9.29. The number of carbonyl (C=O) groups is 2. The van der Waals surface area contributed by atoms with Gasteiger partial charge < -0.3 is 10.5 Å². The summed E-state index contributed by atoms with van der Waals surface area (Å²) in [4.78, 5) is 24.0. The molecule has 0 saturated heterocycles. The zero-order valence-corrected chi connectivity index (χ0v) is 15.9. The van der Waals surface area contributed by atoms with Crippen molar-refractivity contribution in [1.29, 1.82) is 0 Å². The van der Waals surface area contributed by atoms with E-state index < -0.39 is 5.91 Å². The van der Waals surface area contributed by atoms with E-state index in [0.29, 0.717) is 11.3 Å². The molecule has 0 spiro atoms. The van der Waals surface area contributed by atoms with Gasteiger partial charge in [0.2, 0.25) is 0 Å². The third-order valence-corrected chi connectivity index (χ3v) is 4.67. The molecule has 0 radical (unpaired) electrons. The van der Waals surface area contributed by atoms with Gasteiger partial charge in [-0.05, 0) is 48.0 Å². The van der Waals surface area contributed by atoms with E-state index in [0.717, 1.165) is 23.2 Å². The summed E-state index contributed by atoms with van der Waals surface area (Å²) in [7, 11) is 0. The maximum Gasteiger partial charge on any atom is 0.279 e. The minimum Gasteiger partial charge on any atom is -0.410 e. The lowest BCUT2D eigenvalue weighted by Crippen LogP contribution is -2.35. The molecule has 3 aromatic carbocycles. The lowest BCUT2D eigenvalue weighted by molar-refractivity contribution is -0.110. The number of carbonyl (C=O) groups excluding carboxylic acids is 2. The summed E-state index contributed by atoms with van der Waals surface area (Å²) in [6.45, 7) is 0. The monoisotopic (exact) mass is 398 g/mol. The molecular formula is C23H18N4O3. The first-order valence-corrected chi connectivity index (χ1v) is 9.29. The number of fused-ring (bicyclic) bond motifs is 1. The molecule has 1 amide bonds. The number of oxime groups is 1. The number of benzene rings is 3. The van der Waals surface area contributed by atoms with Gasteiger partial charge >= 0.3 is 0 Å². The zero-order chi connectivity index (χ0) is 20.9. The Morgan fingerprint density at radius 2 is 1.73 bits per heavy atom. The summed E-state index contributed by atoms with van der Waals surface area (Å²) < 4.78 is 0. The van der Waals surface area contributed by atoms with Crippen molar-refractivity contribution in [2.24, 2.45) is 10.3 Å². The van der Waals surface area contributed by atoms with Gasteiger partial charge in [0.05, 0.1) is 11.4 Å². The Balaban J connectivity index is 1.73. The van der Waals surface area contributed by atoms with Crippen molar-refractivity contribution >= 4 is 40.7 Å². The number of aldehydes is 1. The third-order valence-electron chi connectivity index (χ3n) is 4.67. The minimum atomic E-state index is -0.578. The van der Waals surface area contributed by atoms with Crippen LogP contribution in [0, 0.1) is 0 Å². The highest BCUT2D eigenvalue weighted by Gasteiger charge is 2.27. The van der Waals surface area contributed by atoms with E-state index in [-0.39, 0.29) is 17.8 Å². The highest BCUT2D eigenvalue weighted by Crippen LogP contribution is 2.33. The van der Waals surface area contributed by atoms with Gasteiger partial charge in [-0.2, -0.15) is 5.10 Å². The van der Waals surface area contributed by atoms with E-state index in [4.69, 9.17) is 0 Å². The number of amides is 1. The summed E-state index contributed by atoms with van der Waals surface area (Å²) in [6, 6.07) is 23.6. The largest absolute Gasteiger partial charge is 0.410 e. The van der Waals surface area contributed by atoms with E-state index in [9.17, 15) is 14.8 Å². The van der Waals surface area contributed by atoms with E-state index in [1.165, 1.54) is 0 Å². The number of anilines is 3. The van der Waals surface area contributed by atoms with Gasteiger partial charge in [0.15, 0.2) is 5.71 Å². The number of hydrogen-bond acceptors (Lipinski definition) is 6. The lowest BCUT2D eigenvalue weighted by Gasteiger charge is -2.28. The topological polar surface area (TPSA) is 94.4 Å². The van der Waals surface area contributed by atoms with Crippen molar-refractivity contribution < 1.29 is 14.8 Å². The zero-order valence-electron chi connectivity index (χ0n) is 15.9. The van der Waals surface area contributed by atoms with Gasteiger partial charge in [-0.3, -0.25) is 9.59 Å². The molecule has 30 heavy (non-hydrogen) atoms. The van der Waals surface area contributed by atoms with Crippen LogP contribution in [0.25, 0.3) is 0 Å². The molecule has 0 aliphatic carbocycles. The summed E-state index contributed by atoms with van der Waals surface area (Å²) in [5.41, 5.74) is 3.53. The Morgan fingerprint density at radius 3 is 2.40 bits per heavy atom. The third kappa shape index (κ3) is 3.81. The Bertz CT molecular complexity index is 1140. The highest BCUT2D eigenvalue weighted by molar-refractivity contribution is 6.69. The van der Waals surface area contributed by atoms with Crippen LogP contribution in [-0.2, 0) is 11.2 Å². The van der Waals surface area contributed by atoms with Crippen molar-refractivity contribution in [3.63, 3.8) is 0 Å². The Morgan fingerprint density at radius 1 is 1.03 bits per heavy atom. The molecule has 0 unspecified atom stereocenters. The Labute approximate surface area is 173 Å². The van der Waals surface area contributed by atoms with Gasteiger partial charge in [-0.25, -0.2) is 5.01 Å². The van der Waals surface area contributed by atoms with E-state index >= 15 is 0 Å². The van der Waals surface area contributed by atoms with E-state index in [1.807, 2.05) is 42.5 Å². The average Bonchev–Trinajstić information content (AvgIpc) is 2.80. The molecule has 1 aliphatic rings. The second-order valence-corrected chi connectivity index (χ2v) is 6.65. The maximum atomic E-state index is 12.8. The summed E-state index contributed by atoms with van der Waals surface area (Å²) in [5.74, 6) is -0.578. The van der Waals surface area contributed by atoms with Crippen LogP contribution in [0.2, 0.25) is 0 Å². The normalized spacial score (nSPS) is 13.3. The summed E-state index contributed by atoms with van der Waals surface area (Å²) in [6.07, 6.45) is 1.00. The highest BCUT2D eigenvalue weighted by atomic mass is 16.4. The molecule has 0 saturated carbocycles. The quantitative estimate of drug-likeness (QED) is 0.294. The molecule has 1 heterocycles. The fourth-order valence-electron chi connectivity index (χ4n) is 3.26. The molecule has 0 bridgehead atoms. The average molecular weight is 398 g/mol. The number of hydrazone groups is 1. The number of rotatable bonds is 5. The lowest BCUT2D eigenvalue weighted by atomic mass is 9.98. The number of nitrogens with one attached hydrogen (secondary N) is 1. The van der Waals surface area contributed by atoms with Gasteiger partial charge in [0, 0.05) is 17.7 Å². The second-order valence-electron chi connectivity index (χ2n) is 6.65. The number of nitrogens with zero attached hydrogens (tertiary/aromatic N) is 3. The molecule has 1 aliphatic heterocycles. The van der Waals surface area contributed by atoms with Gasteiger partial charge in [0.1, 0.15) is 12.0 Å². The number of hydrogen-bond donors (Lipinski definition) is 2. The van der Waals surface area contributed by atoms with E-state index in [2.05, 4.69) is 15.6 Å². The first-order chi connectivity index (χ1) is 14.7. The molecule has 7 heteroatoms.